The zero-order valence-electron chi connectivity index (χ0n) is 14.4. The third-order valence-electron chi connectivity index (χ3n) is 3.73. The molecule has 1 amide bonds. The molecule has 6 heteroatoms. The van der Waals surface area contributed by atoms with Crippen LogP contribution < -0.4 is 0 Å². The molecule has 5 nitrogen and oxygen atoms in total. The molecule has 0 saturated carbocycles. The van der Waals surface area contributed by atoms with E-state index in [0.29, 0.717) is 18.8 Å². The predicted octanol–water partition coefficient (Wildman–Crippen LogP) is 2.34. The minimum absolute atomic E-state index is 0.0280. The average Bonchev–Trinajstić information content (AvgIpc) is 2.97. The molecule has 24 heavy (non-hydrogen) atoms. The first kappa shape index (κ1) is 18.8. The first-order chi connectivity index (χ1) is 11.5. The van der Waals surface area contributed by atoms with Crippen molar-refractivity contribution >= 4 is 23.6 Å². The monoisotopic (exact) mass is 351 g/mol. The topological polar surface area (TPSA) is 55.8 Å². The van der Waals surface area contributed by atoms with Gasteiger partial charge in [-0.25, -0.2) is 4.79 Å². The molecule has 0 spiro atoms. The first-order valence-corrected chi connectivity index (χ1v) is 9.20. The van der Waals surface area contributed by atoms with Crippen LogP contribution in [-0.2, 0) is 25.5 Å². The highest BCUT2D eigenvalue weighted by molar-refractivity contribution is 8.00. The van der Waals surface area contributed by atoms with Crippen LogP contribution in [0.25, 0.3) is 0 Å². The van der Waals surface area contributed by atoms with Gasteiger partial charge < -0.3 is 14.4 Å². The largest absolute Gasteiger partial charge is 0.464 e. The number of benzene rings is 1. The summed E-state index contributed by atoms with van der Waals surface area (Å²) >= 11 is 1.62. The molecule has 1 saturated heterocycles. The third-order valence-corrected chi connectivity index (χ3v) is 5.02. The molecule has 0 aromatic heterocycles. The maximum absolute atomic E-state index is 12.5. The van der Waals surface area contributed by atoms with Crippen molar-refractivity contribution in [3.8, 4) is 0 Å². The van der Waals surface area contributed by atoms with Crippen LogP contribution in [0.3, 0.4) is 0 Å². The molecule has 0 radical (unpaired) electrons. The van der Waals surface area contributed by atoms with Gasteiger partial charge in [-0.3, -0.25) is 4.79 Å². The molecule has 2 atom stereocenters. The Bertz CT molecular complexity index is 549. The van der Waals surface area contributed by atoms with Gasteiger partial charge in [0.2, 0.25) is 5.91 Å². The van der Waals surface area contributed by atoms with Crippen LogP contribution in [0.15, 0.2) is 30.3 Å². The highest BCUT2D eigenvalue weighted by Crippen LogP contribution is 2.32. The summed E-state index contributed by atoms with van der Waals surface area (Å²) in [5.74, 6) is 0.335. The fraction of sp³-hybridized carbons (Fsp3) is 0.556. The maximum Gasteiger partial charge on any atom is 0.329 e. The van der Waals surface area contributed by atoms with Gasteiger partial charge in [-0.2, -0.15) is 0 Å². The summed E-state index contributed by atoms with van der Waals surface area (Å²) in [6, 6.07) is 9.44. The Balaban J connectivity index is 2.10. The van der Waals surface area contributed by atoms with E-state index in [1.807, 2.05) is 44.2 Å². The number of thioether (sulfide) groups is 1. The number of amides is 1. The molecule has 2 rings (SSSR count). The standard InChI is InChI=1S/C18H25NO4S/c1-13(2)10-23-18(21)15-12-24-17(19(15)16(20)11-22-3)9-14-7-5-4-6-8-14/h4-8,13,15,17H,9-12H2,1-3H3. The first-order valence-electron chi connectivity index (χ1n) is 8.15. The van der Waals surface area contributed by atoms with Crippen LogP contribution in [-0.4, -0.2) is 54.3 Å². The molecule has 1 aliphatic heterocycles. The SMILES string of the molecule is COCC(=O)N1C(Cc2ccccc2)SCC1C(=O)OCC(C)C. The normalized spacial score (nSPS) is 20.4. The summed E-state index contributed by atoms with van der Waals surface area (Å²) in [6.07, 6.45) is 0.703. The molecule has 1 heterocycles. The van der Waals surface area contributed by atoms with E-state index < -0.39 is 6.04 Å². The molecule has 0 aliphatic carbocycles. The van der Waals surface area contributed by atoms with Crippen molar-refractivity contribution in [2.45, 2.75) is 31.7 Å². The lowest BCUT2D eigenvalue weighted by molar-refractivity contribution is -0.156. The summed E-state index contributed by atoms with van der Waals surface area (Å²) in [5.41, 5.74) is 1.14. The van der Waals surface area contributed by atoms with Gasteiger partial charge in [0.25, 0.3) is 0 Å². The van der Waals surface area contributed by atoms with Gasteiger partial charge in [-0.05, 0) is 11.5 Å². The molecular formula is C18H25NO4S. The fourth-order valence-electron chi connectivity index (χ4n) is 2.60. The fourth-order valence-corrected chi connectivity index (χ4v) is 4.03. The van der Waals surface area contributed by atoms with E-state index >= 15 is 0 Å². The predicted molar refractivity (Wildman–Crippen MR) is 94.7 cm³/mol. The van der Waals surface area contributed by atoms with Gasteiger partial charge in [-0.15, -0.1) is 11.8 Å². The number of ether oxygens (including phenoxy) is 2. The number of carbonyl (C=O) groups is 2. The van der Waals surface area contributed by atoms with Gasteiger partial charge in [0, 0.05) is 19.3 Å². The van der Waals surface area contributed by atoms with Crippen LogP contribution in [0, 0.1) is 5.92 Å². The van der Waals surface area contributed by atoms with Crippen molar-refractivity contribution < 1.29 is 19.1 Å². The van der Waals surface area contributed by atoms with Crippen LogP contribution >= 0.6 is 11.8 Å². The zero-order chi connectivity index (χ0) is 17.5. The Labute approximate surface area is 147 Å². The second-order valence-electron chi connectivity index (χ2n) is 6.25. The minimum atomic E-state index is -0.537. The third kappa shape index (κ3) is 4.98. The summed E-state index contributed by atoms with van der Waals surface area (Å²) < 4.78 is 10.3. The number of esters is 1. The van der Waals surface area contributed by atoms with Gasteiger partial charge in [-0.1, -0.05) is 44.2 Å². The molecule has 0 bridgehead atoms. The number of carbonyl (C=O) groups excluding carboxylic acids is 2. The molecule has 132 valence electrons. The summed E-state index contributed by atoms with van der Waals surface area (Å²) in [5, 5.41) is -0.0772. The van der Waals surface area contributed by atoms with E-state index in [1.54, 1.807) is 16.7 Å². The molecule has 1 aromatic carbocycles. The lowest BCUT2D eigenvalue weighted by Crippen LogP contribution is -2.48. The molecule has 0 N–H and O–H groups in total. The Morgan fingerprint density at radius 2 is 2.00 bits per heavy atom. The van der Waals surface area contributed by atoms with Crippen molar-refractivity contribution in [3.05, 3.63) is 35.9 Å². The number of methoxy groups -OCH3 is 1. The molecule has 1 aromatic rings. The zero-order valence-corrected chi connectivity index (χ0v) is 15.3. The van der Waals surface area contributed by atoms with Crippen LogP contribution in [0.2, 0.25) is 0 Å². The number of rotatable bonds is 7. The van der Waals surface area contributed by atoms with Crippen molar-refractivity contribution in [1.29, 1.82) is 0 Å². The Morgan fingerprint density at radius 1 is 1.29 bits per heavy atom. The Morgan fingerprint density at radius 3 is 2.62 bits per heavy atom. The lowest BCUT2D eigenvalue weighted by atomic mass is 10.1. The van der Waals surface area contributed by atoms with E-state index in [2.05, 4.69) is 0 Å². The van der Waals surface area contributed by atoms with Crippen LogP contribution in [0.5, 0.6) is 0 Å². The van der Waals surface area contributed by atoms with Crippen LogP contribution in [0.4, 0.5) is 0 Å². The second kappa shape index (κ2) is 9.08. The highest BCUT2D eigenvalue weighted by Gasteiger charge is 2.42. The number of nitrogens with zero attached hydrogens (tertiary/aromatic N) is 1. The van der Waals surface area contributed by atoms with Crippen molar-refractivity contribution in [3.63, 3.8) is 0 Å². The van der Waals surface area contributed by atoms with Gasteiger partial charge in [0.05, 0.1) is 12.0 Å². The van der Waals surface area contributed by atoms with E-state index in [1.165, 1.54) is 7.11 Å². The number of hydrogen-bond acceptors (Lipinski definition) is 5. The van der Waals surface area contributed by atoms with Gasteiger partial charge in [0.1, 0.15) is 12.6 Å². The van der Waals surface area contributed by atoms with Gasteiger partial charge >= 0.3 is 5.97 Å². The average molecular weight is 351 g/mol. The van der Waals surface area contributed by atoms with Crippen molar-refractivity contribution in [2.24, 2.45) is 5.92 Å². The van der Waals surface area contributed by atoms with Crippen LogP contribution in [0.1, 0.15) is 19.4 Å². The lowest BCUT2D eigenvalue weighted by Gasteiger charge is -2.28. The summed E-state index contributed by atoms with van der Waals surface area (Å²) in [6.45, 7) is 4.32. The van der Waals surface area contributed by atoms with E-state index in [4.69, 9.17) is 9.47 Å². The summed E-state index contributed by atoms with van der Waals surface area (Å²) in [7, 11) is 1.49. The maximum atomic E-state index is 12.5. The van der Waals surface area contributed by atoms with E-state index in [0.717, 1.165) is 5.56 Å². The Kier molecular flexibility index (Phi) is 7.12. The smallest absolute Gasteiger partial charge is 0.329 e. The van der Waals surface area contributed by atoms with Gasteiger partial charge in [0.15, 0.2) is 0 Å². The molecule has 1 aliphatic rings. The Hall–Kier alpha value is -1.53. The van der Waals surface area contributed by atoms with E-state index in [9.17, 15) is 9.59 Å². The van der Waals surface area contributed by atoms with Crippen molar-refractivity contribution in [1.82, 2.24) is 4.90 Å². The molecule has 1 fully saturated rings. The number of hydrogen-bond donors (Lipinski definition) is 0. The second-order valence-corrected chi connectivity index (χ2v) is 7.46. The summed E-state index contributed by atoms with van der Waals surface area (Å²) in [4.78, 5) is 26.5. The molecule has 2 unspecified atom stereocenters. The van der Waals surface area contributed by atoms with E-state index in [-0.39, 0.29) is 29.8 Å². The highest BCUT2D eigenvalue weighted by atomic mass is 32.2. The quantitative estimate of drug-likeness (QED) is 0.706. The minimum Gasteiger partial charge on any atom is -0.464 e. The van der Waals surface area contributed by atoms with Crippen molar-refractivity contribution in [2.75, 3.05) is 26.1 Å². The molecular weight excluding hydrogens is 326 g/mol.